The number of para-hydroxylation sites is 1. The van der Waals surface area contributed by atoms with Crippen molar-refractivity contribution >= 4 is 27.5 Å². The summed E-state index contributed by atoms with van der Waals surface area (Å²) in [6.07, 6.45) is -0.626. The summed E-state index contributed by atoms with van der Waals surface area (Å²) in [5.74, 6) is -1.95. The second-order valence-corrected chi connectivity index (χ2v) is 11.7. The molecule has 0 aliphatic carbocycles. The van der Waals surface area contributed by atoms with Gasteiger partial charge in [0.2, 0.25) is 10.0 Å². The van der Waals surface area contributed by atoms with Crippen molar-refractivity contribution in [3.05, 3.63) is 69.5 Å². The molecule has 0 saturated heterocycles. The molecule has 0 unspecified atom stereocenters. The Hall–Kier alpha value is -3.18. The average molecular weight is 523 g/mol. The number of Topliss-reactive ketones (excluding diaryl/α,β-unsaturated/α-hetero) is 1. The Kier molecular flexibility index (Phi) is 8.74. The summed E-state index contributed by atoms with van der Waals surface area (Å²) in [6.45, 7) is 9.42. The Morgan fingerprint density at radius 2 is 1.75 bits per heavy atom. The molecule has 1 N–H and O–H groups in total. The van der Waals surface area contributed by atoms with Crippen molar-refractivity contribution < 1.29 is 32.1 Å². The minimum absolute atomic E-state index is 0.163. The van der Waals surface area contributed by atoms with Gasteiger partial charge >= 0.3 is 5.97 Å². The van der Waals surface area contributed by atoms with Crippen LogP contribution in [-0.2, 0) is 30.8 Å². The van der Waals surface area contributed by atoms with Crippen molar-refractivity contribution in [2.75, 3.05) is 0 Å². The minimum Gasteiger partial charge on any atom is -0.460 e. The summed E-state index contributed by atoms with van der Waals surface area (Å²) in [6, 6.07) is 7.93. The molecule has 2 atom stereocenters. The van der Waals surface area contributed by atoms with Gasteiger partial charge in [0.25, 0.3) is 5.69 Å². The van der Waals surface area contributed by atoms with Gasteiger partial charge in [-0.2, -0.15) is 0 Å². The first kappa shape index (κ1) is 29.1. The van der Waals surface area contributed by atoms with E-state index in [-0.39, 0.29) is 12.0 Å². The first-order chi connectivity index (χ1) is 16.4. The molecule has 0 heterocycles. The van der Waals surface area contributed by atoms with E-state index in [2.05, 4.69) is 4.72 Å². The standard InChI is InChI=1S/C25H31FN2O7S/c1-16-11-12-18(19(26)13-16)14-25(6,23(30)35-24(3,4)5)15-21(29)17(2)27-36(33,34)22-10-8-7-9-20(22)28(31)32/h7-13,17,27H,14-15H2,1-6H3/t17-,25+/m0/s1. The maximum absolute atomic E-state index is 14.6. The monoisotopic (exact) mass is 522 g/mol. The number of nitro benzene ring substituents is 1. The summed E-state index contributed by atoms with van der Waals surface area (Å²) < 4.78 is 47.9. The van der Waals surface area contributed by atoms with Crippen molar-refractivity contribution in [1.29, 1.82) is 0 Å². The van der Waals surface area contributed by atoms with Crippen molar-refractivity contribution in [3.8, 4) is 0 Å². The maximum Gasteiger partial charge on any atom is 0.313 e. The Balaban J connectivity index is 2.34. The van der Waals surface area contributed by atoms with E-state index in [1.165, 1.54) is 38.1 Å². The Labute approximate surface area is 210 Å². The first-order valence-electron chi connectivity index (χ1n) is 11.2. The number of hydrogen-bond donors (Lipinski definition) is 1. The zero-order valence-electron chi connectivity index (χ0n) is 21.1. The molecule has 0 bridgehead atoms. The Morgan fingerprint density at radius 3 is 2.31 bits per heavy atom. The van der Waals surface area contributed by atoms with Gasteiger partial charge in [-0.05, 0) is 71.2 Å². The van der Waals surface area contributed by atoms with Gasteiger partial charge in [-0.15, -0.1) is 0 Å². The fourth-order valence-electron chi connectivity index (χ4n) is 3.56. The van der Waals surface area contributed by atoms with E-state index in [9.17, 15) is 32.5 Å². The first-order valence-corrected chi connectivity index (χ1v) is 12.7. The molecule has 0 aliphatic heterocycles. The van der Waals surface area contributed by atoms with Crippen LogP contribution in [0.3, 0.4) is 0 Å². The van der Waals surface area contributed by atoms with Gasteiger partial charge in [-0.3, -0.25) is 19.7 Å². The van der Waals surface area contributed by atoms with Crippen LogP contribution in [0, 0.1) is 28.3 Å². The van der Waals surface area contributed by atoms with Crippen molar-refractivity contribution in [3.63, 3.8) is 0 Å². The summed E-state index contributed by atoms with van der Waals surface area (Å²) in [5, 5.41) is 11.3. The van der Waals surface area contributed by atoms with Crippen LogP contribution in [0.15, 0.2) is 47.4 Å². The Morgan fingerprint density at radius 1 is 1.14 bits per heavy atom. The van der Waals surface area contributed by atoms with E-state index in [1.54, 1.807) is 33.8 Å². The predicted molar refractivity (Wildman–Crippen MR) is 131 cm³/mol. The molecule has 36 heavy (non-hydrogen) atoms. The molecule has 0 saturated carbocycles. The number of hydrogen-bond acceptors (Lipinski definition) is 7. The van der Waals surface area contributed by atoms with Crippen molar-refractivity contribution in [2.45, 2.75) is 70.9 Å². The van der Waals surface area contributed by atoms with Crippen LogP contribution in [0.2, 0.25) is 0 Å². The highest BCUT2D eigenvalue weighted by Crippen LogP contribution is 2.33. The third-order valence-electron chi connectivity index (χ3n) is 5.41. The largest absolute Gasteiger partial charge is 0.460 e. The SMILES string of the molecule is Cc1ccc(C[C@](C)(CC(=O)[C@H](C)NS(=O)(=O)c2ccccc2[N+](=O)[O-])C(=O)OC(C)(C)C)c(F)c1. The summed E-state index contributed by atoms with van der Waals surface area (Å²) >= 11 is 0. The maximum atomic E-state index is 14.6. The van der Waals surface area contributed by atoms with Crippen LogP contribution in [0.1, 0.15) is 52.2 Å². The van der Waals surface area contributed by atoms with Crippen LogP contribution in [-0.4, -0.2) is 36.7 Å². The molecule has 0 fully saturated rings. The summed E-state index contributed by atoms with van der Waals surface area (Å²) in [5.41, 5.74) is -2.15. The quantitative estimate of drug-likeness (QED) is 0.280. The number of aryl methyl sites for hydroxylation is 1. The second-order valence-electron chi connectivity index (χ2n) is 10.0. The topological polar surface area (TPSA) is 133 Å². The average Bonchev–Trinajstić information content (AvgIpc) is 2.74. The highest BCUT2D eigenvalue weighted by atomic mass is 32.2. The number of nitrogens with zero attached hydrogens (tertiary/aromatic N) is 1. The fraction of sp³-hybridized carbons (Fsp3) is 0.440. The van der Waals surface area contributed by atoms with E-state index in [0.29, 0.717) is 5.56 Å². The molecule has 2 aromatic carbocycles. The molecule has 0 amide bonds. The van der Waals surface area contributed by atoms with Crippen molar-refractivity contribution in [2.24, 2.45) is 5.41 Å². The number of ketones is 1. The number of ether oxygens (including phenoxy) is 1. The summed E-state index contributed by atoms with van der Waals surface area (Å²) in [4.78, 5) is 36.1. The molecule has 0 aromatic heterocycles. The molecule has 0 spiro atoms. The lowest BCUT2D eigenvalue weighted by atomic mass is 9.78. The van der Waals surface area contributed by atoms with Crippen LogP contribution in [0.4, 0.5) is 10.1 Å². The number of nitro groups is 1. The number of rotatable bonds is 10. The number of nitrogens with one attached hydrogen (secondary N) is 1. The van der Waals surface area contributed by atoms with Gasteiger partial charge < -0.3 is 4.74 Å². The van der Waals surface area contributed by atoms with E-state index in [1.807, 2.05) is 0 Å². The molecular formula is C25H31FN2O7S. The third-order valence-corrected chi connectivity index (χ3v) is 7.00. The van der Waals surface area contributed by atoms with Gasteiger partial charge in [0.1, 0.15) is 11.4 Å². The zero-order valence-corrected chi connectivity index (χ0v) is 21.9. The fourth-order valence-corrected chi connectivity index (χ4v) is 4.96. The number of carbonyl (C=O) groups excluding carboxylic acids is 2. The molecule has 2 rings (SSSR count). The molecule has 2 aromatic rings. The van der Waals surface area contributed by atoms with Crippen LogP contribution in [0.5, 0.6) is 0 Å². The predicted octanol–water partition coefficient (Wildman–Crippen LogP) is 4.26. The lowest BCUT2D eigenvalue weighted by Crippen LogP contribution is -2.44. The number of sulfonamides is 1. The lowest BCUT2D eigenvalue weighted by Gasteiger charge is -2.32. The molecular weight excluding hydrogens is 491 g/mol. The van der Waals surface area contributed by atoms with Crippen LogP contribution < -0.4 is 4.72 Å². The normalized spacial score (nSPS) is 14.5. The number of carbonyl (C=O) groups is 2. The van der Waals surface area contributed by atoms with Gasteiger partial charge in [0.15, 0.2) is 10.7 Å². The minimum atomic E-state index is -4.44. The summed E-state index contributed by atoms with van der Waals surface area (Å²) in [7, 11) is -4.44. The Bertz CT molecular complexity index is 1270. The second kappa shape index (κ2) is 10.8. The van der Waals surface area contributed by atoms with Crippen LogP contribution >= 0.6 is 0 Å². The molecule has 9 nitrogen and oxygen atoms in total. The van der Waals surface area contributed by atoms with Gasteiger partial charge in [-0.25, -0.2) is 17.5 Å². The third kappa shape index (κ3) is 7.41. The van der Waals surface area contributed by atoms with Crippen LogP contribution in [0.25, 0.3) is 0 Å². The highest BCUT2D eigenvalue weighted by Gasteiger charge is 2.41. The molecule has 196 valence electrons. The number of halogens is 1. The molecule has 0 radical (unpaired) electrons. The van der Waals surface area contributed by atoms with E-state index in [4.69, 9.17) is 4.74 Å². The smallest absolute Gasteiger partial charge is 0.313 e. The van der Waals surface area contributed by atoms with Gasteiger partial charge in [0, 0.05) is 12.5 Å². The van der Waals surface area contributed by atoms with Gasteiger partial charge in [-0.1, -0.05) is 24.3 Å². The van der Waals surface area contributed by atoms with E-state index >= 15 is 0 Å². The number of benzene rings is 2. The van der Waals surface area contributed by atoms with E-state index in [0.717, 1.165) is 12.1 Å². The zero-order chi connectivity index (χ0) is 27.5. The molecule has 0 aliphatic rings. The lowest BCUT2D eigenvalue weighted by molar-refractivity contribution is -0.387. The van der Waals surface area contributed by atoms with Gasteiger partial charge in [0.05, 0.1) is 16.4 Å². The van der Waals surface area contributed by atoms with Crippen molar-refractivity contribution in [1.82, 2.24) is 4.72 Å². The number of esters is 1. The molecule has 11 heteroatoms. The highest BCUT2D eigenvalue weighted by molar-refractivity contribution is 7.89. The van der Waals surface area contributed by atoms with E-state index < -0.39 is 66.6 Å².